The lowest BCUT2D eigenvalue weighted by Gasteiger charge is -2.36. The van der Waals surface area contributed by atoms with Crippen molar-refractivity contribution in [3.8, 4) is 11.5 Å². The van der Waals surface area contributed by atoms with Gasteiger partial charge in [0.2, 0.25) is 0 Å². The number of amides is 1. The number of likely N-dealkylation sites (tertiary alicyclic amines) is 1. The molecule has 7 nitrogen and oxygen atoms in total. The maximum Gasteiger partial charge on any atom is 0.409 e. The summed E-state index contributed by atoms with van der Waals surface area (Å²) in [5, 5.41) is 0. The molecule has 0 spiro atoms. The van der Waals surface area contributed by atoms with Gasteiger partial charge in [-0.3, -0.25) is 0 Å². The minimum Gasteiger partial charge on any atom is -0.493 e. The van der Waals surface area contributed by atoms with Gasteiger partial charge in [-0.15, -0.1) is 0 Å². The van der Waals surface area contributed by atoms with E-state index < -0.39 is 17.6 Å². The first-order valence-electron chi connectivity index (χ1n) is 12.3. The second-order valence-electron chi connectivity index (χ2n) is 9.76. The third-order valence-electron chi connectivity index (χ3n) is 7.57. The van der Waals surface area contributed by atoms with Gasteiger partial charge in [0, 0.05) is 24.4 Å². The molecule has 7 heteroatoms. The maximum absolute atomic E-state index is 12.8. The van der Waals surface area contributed by atoms with E-state index in [1.807, 2.05) is 43.3 Å². The van der Waals surface area contributed by atoms with Gasteiger partial charge in [0.25, 0.3) is 0 Å². The molecule has 1 aliphatic heterocycles. The number of methoxy groups -OCH3 is 2. The molecule has 35 heavy (non-hydrogen) atoms. The maximum atomic E-state index is 12.8. The fourth-order valence-electron chi connectivity index (χ4n) is 5.31. The van der Waals surface area contributed by atoms with E-state index in [1.54, 1.807) is 24.1 Å². The van der Waals surface area contributed by atoms with E-state index in [0.29, 0.717) is 30.2 Å². The van der Waals surface area contributed by atoms with Gasteiger partial charge in [0.15, 0.2) is 11.5 Å². The van der Waals surface area contributed by atoms with Crippen molar-refractivity contribution in [3.05, 3.63) is 59.7 Å². The number of rotatable bonds is 7. The molecule has 0 aromatic heterocycles. The predicted molar refractivity (Wildman–Crippen MR) is 132 cm³/mol. The Bertz CT molecular complexity index is 1030. The molecule has 1 saturated heterocycles. The second kappa shape index (κ2) is 10.6. The normalized spacial score (nSPS) is 23.1. The summed E-state index contributed by atoms with van der Waals surface area (Å²) in [6.45, 7) is 4.81. The Morgan fingerprint density at radius 2 is 1.74 bits per heavy atom. The van der Waals surface area contributed by atoms with Gasteiger partial charge < -0.3 is 23.8 Å². The van der Waals surface area contributed by atoms with Crippen LogP contribution in [-0.2, 0) is 9.47 Å². The standard InChI is InChI=1S/C28H35NO6/c1-19(34-26(30)20-10-6-5-7-11-20)28(2)18-29(27(31)33-4)17-23(28)21-14-15-24(32-3)25(16-21)35-22-12-8-9-13-22/h5-7,10-11,14-16,19,22-23H,8-9,12-13,17-18H2,1-4H3/t19-,23+,28+/m1/s1. The average molecular weight is 482 g/mol. The van der Waals surface area contributed by atoms with Crippen LogP contribution >= 0.6 is 0 Å². The molecule has 1 amide bonds. The van der Waals surface area contributed by atoms with E-state index in [1.165, 1.54) is 20.0 Å². The summed E-state index contributed by atoms with van der Waals surface area (Å²) in [6, 6.07) is 14.9. The van der Waals surface area contributed by atoms with Gasteiger partial charge in [-0.1, -0.05) is 31.2 Å². The first kappa shape index (κ1) is 24.9. The summed E-state index contributed by atoms with van der Waals surface area (Å²) in [4.78, 5) is 27.0. The number of ether oxygens (including phenoxy) is 4. The van der Waals surface area contributed by atoms with Crippen LogP contribution in [0, 0.1) is 5.41 Å². The summed E-state index contributed by atoms with van der Waals surface area (Å²) in [6.07, 6.45) is 3.75. The minimum absolute atomic E-state index is 0.1000. The summed E-state index contributed by atoms with van der Waals surface area (Å²) in [7, 11) is 3.02. The van der Waals surface area contributed by atoms with Crippen molar-refractivity contribution in [1.29, 1.82) is 0 Å². The Morgan fingerprint density at radius 1 is 1.03 bits per heavy atom. The monoisotopic (exact) mass is 481 g/mol. The highest BCUT2D eigenvalue weighted by molar-refractivity contribution is 5.89. The van der Waals surface area contributed by atoms with Crippen molar-refractivity contribution in [2.45, 2.75) is 57.7 Å². The summed E-state index contributed by atoms with van der Waals surface area (Å²) < 4.78 is 22.9. The molecule has 2 fully saturated rings. The lowest BCUT2D eigenvalue weighted by atomic mass is 9.72. The van der Waals surface area contributed by atoms with Gasteiger partial charge in [0.1, 0.15) is 6.10 Å². The molecular weight excluding hydrogens is 446 g/mol. The highest BCUT2D eigenvalue weighted by atomic mass is 16.6. The lowest BCUT2D eigenvalue weighted by Crippen LogP contribution is -2.40. The van der Waals surface area contributed by atoms with Crippen LogP contribution in [0.25, 0.3) is 0 Å². The van der Waals surface area contributed by atoms with Crippen molar-refractivity contribution in [3.63, 3.8) is 0 Å². The van der Waals surface area contributed by atoms with E-state index in [-0.39, 0.29) is 18.0 Å². The Kier molecular flexibility index (Phi) is 7.53. The average Bonchev–Trinajstić information content (AvgIpc) is 3.52. The van der Waals surface area contributed by atoms with Gasteiger partial charge in [-0.05, 0) is 62.4 Å². The molecule has 0 unspecified atom stereocenters. The SMILES string of the molecule is COC(=O)N1C[C@@H](c2ccc(OC)c(OC3CCCC3)c2)[C@](C)([C@@H](C)OC(=O)c2ccccc2)C1. The fourth-order valence-corrected chi connectivity index (χ4v) is 5.31. The molecule has 1 aliphatic carbocycles. The third-order valence-corrected chi connectivity index (χ3v) is 7.57. The first-order valence-corrected chi connectivity index (χ1v) is 12.3. The van der Waals surface area contributed by atoms with Crippen LogP contribution < -0.4 is 9.47 Å². The van der Waals surface area contributed by atoms with Crippen molar-refractivity contribution in [2.75, 3.05) is 27.3 Å². The van der Waals surface area contributed by atoms with E-state index >= 15 is 0 Å². The Labute approximate surface area is 207 Å². The Morgan fingerprint density at radius 3 is 2.40 bits per heavy atom. The summed E-state index contributed by atoms with van der Waals surface area (Å²) in [5.74, 6) is 0.921. The topological polar surface area (TPSA) is 74.3 Å². The molecule has 2 aromatic rings. The molecule has 0 N–H and O–H groups in total. The zero-order chi connectivity index (χ0) is 25.0. The number of hydrogen-bond donors (Lipinski definition) is 0. The molecule has 2 aromatic carbocycles. The van der Waals surface area contributed by atoms with E-state index in [4.69, 9.17) is 18.9 Å². The Hall–Kier alpha value is -3.22. The van der Waals surface area contributed by atoms with Crippen LogP contribution in [0.3, 0.4) is 0 Å². The molecule has 188 valence electrons. The first-order chi connectivity index (χ1) is 16.9. The largest absolute Gasteiger partial charge is 0.493 e. The number of carbonyl (C=O) groups is 2. The van der Waals surface area contributed by atoms with E-state index in [9.17, 15) is 9.59 Å². The molecule has 3 atom stereocenters. The number of hydrogen-bond acceptors (Lipinski definition) is 6. The Balaban J connectivity index is 1.63. The van der Waals surface area contributed by atoms with Crippen LogP contribution in [0.15, 0.2) is 48.5 Å². The van der Waals surface area contributed by atoms with Crippen molar-refractivity contribution in [2.24, 2.45) is 5.41 Å². The molecular formula is C28H35NO6. The zero-order valence-electron chi connectivity index (χ0n) is 21.0. The number of esters is 1. The van der Waals surface area contributed by atoms with Crippen LogP contribution in [0.5, 0.6) is 11.5 Å². The molecule has 1 heterocycles. The quantitative estimate of drug-likeness (QED) is 0.491. The van der Waals surface area contributed by atoms with Crippen LogP contribution in [-0.4, -0.2) is 56.5 Å². The van der Waals surface area contributed by atoms with Crippen LogP contribution in [0.1, 0.15) is 61.4 Å². The van der Waals surface area contributed by atoms with Crippen LogP contribution in [0.2, 0.25) is 0 Å². The molecule has 0 bridgehead atoms. The third kappa shape index (κ3) is 5.24. The number of benzene rings is 2. The van der Waals surface area contributed by atoms with Gasteiger partial charge in [-0.25, -0.2) is 9.59 Å². The highest BCUT2D eigenvalue weighted by Crippen LogP contribution is 2.48. The number of carbonyl (C=O) groups excluding carboxylic acids is 2. The van der Waals surface area contributed by atoms with E-state index in [2.05, 4.69) is 6.92 Å². The minimum atomic E-state index is -0.544. The van der Waals surface area contributed by atoms with Crippen molar-refractivity contribution in [1.82, 2.24) is 4.90 Å². The molecule has 2 aliphatic rings. The highest BCUT2D eigenvalue weighted by Gasteiger charge is 2.50. The van der Waals surface area contributed by atoms with Crippen molar-refractivity contribution < 1.29 is 28.5 Å². The van der Waals surface area contributed by atoms with Crippen LogP contribution in [0.4, 0.5) is 4.79 Å². The molecule has 0 radical (unpaired) electrons. The zero-order valence-corrected chi connectivity index (χ0v) is 21.0. The lowest BCUT2D eigenvalue weighted by molar-refractivity contribution is -0.00684. The summed E-state index contributed by atoms with van der Waals surface area (Å²) >= 11 is 0. The smallest absolute Gasteiger partial charge is 0.409 e. The molecule has 1 saturated carbocycles. The number of nitrogens with zero attached hydrogens (tertiary/aromatic N) is 1. The predicted octanol–water partition coefficient (Wildman–Crippen LogP) is 5.43. The second-order valence-corrected chi connectivity index (χ2v) is 9.76. The van der Waals surface area contributed by atoms with Gasteiger partial charge in [0.05, 0.1) is 25.9 Å². The van der Waals surface area contributed by atoms with Gasteiger partial charge in [-0.2, -0.15) is 0 Å². The van der Waals surface area contributed by atoms with Gasteiger partial charge >= 0.3 is 12.1 Å². The van der Waals surface area contributed by atoms with E-state index in [0.717, 1.165) is 18.4 Å². The van der Waals surface area contributed by atoms with Crippen molar-refractivity contribution >= 4 is 12.1 Å². The fraction of sp³-hybridized carbons (Fsp3) is 0.500. The summed E-state index contributed by atoms with van der Waals surface area (Å²) in [5.41, 5.74) is 0.965. The molecule has 4 rings (SSSR count).